The number of rotatable bonds is 6. The summed E-state index contributed by atoms with van der Waals surface area (Å²) >= 11 is 0. The van der Waals surface area contributed by atoms with Crippen LogP contribution in [-0.2, 0) is 6.54 Å². The molecule has 178 valence electrons. The Morgan fingerprint density at radius 2 is 1.63 bits per heavy atom. The molecule has 0 atom stereocenters. The molecule has 1 amide bonds. The number of hydrogen-bond acceptors (Lipinski definition) is 5. The average molecular weight is 470 g/mol. The van der Waals surface area contributed by atoms with Gasteiger partial charge in [0.25, 0.3) is 5.91 Å². The molecule has 4 aromatic rings. The number of benzene rings is 2. The van der Waals surface area contributed by atoms with Crippen molar-refractivity contribution < 1.29 is 14.7 Å². The first-order valence-electron chi connectivity index (χ1n) is 11.7. The number of hydrogen-bond donors (Lipinski definition) is 2. The predicted octanol–water partition coefficient (Wildman–Crippen LogP) is 4.33. The third-order valence-electron chi connectivity index (χ3n) is 6.47. The lowest BCUT2D eigenvalue weighted by Crippen LogP contribution is -2.46. The number of carboxylic acids is 1. The van der Waals surface area contributed by atoms with Crippen LogP contribution in [0.15, 0.2) is 73.1 Å². The van der Waals surface area contributed by atoms with E-state index in [-0.39, 0.29) is 11.5 Å². The van der Waals surface area contributed by atoms with Gasteiger partial charge in [0.05, 0.1) is 16.6 Å². The Labute approximate surface area is 203 Å². The molecule has 2 aromatic heterocycles. The number of piperazine rings is 1. The zero-order valence-corrected chi connectivity index (χ0v) is 19.5. The van der Waals surface area contributed by atoms with Gasteiger partial charge in [-0.25, -0.2) is 9.78 Å². The summed E-state index contributed by atoms with van der Waals surface area (Å²) < 4.78 is 2.15. The van der Waals surface area contributed by atoms with E-state index in [9.17, 15) is 9.59 Å². The SMILES string of the molecule is CCn1ccc2ccc(NC(=O)c3ccc(N4CCN(c5ccc(C(=O)O)cc5)CC4)nc3)cc21. The Balaban J connectivity index is 1.20. The molecule has 8 nitrogen and oxygen atoms in total. The molecule has 5 rings (SSSR count). The number of amides is 1. The van der Waals surface area contributed by atoms with Gasteiger partial charge in [0.2, 0.25) is 0 Å². The Morgan fingerprint density at radius 1 is 0.914 bits per heavy atom. The number of carboxylic acid groups (broad SMARTS) is 1. The van der Waals surface area contributed by atoms with Crippen LogP contribution in [0.1, 0.15) is 27.6 Å². The minimum absolute atomic E-state index is 0.187. The van der Waals surface area contributed by atoms with Gasteiger partial charge in [-0.1, -0.05) is 6.07 Å². The quantitative estimate of drug-likeness (QED) is 0.437. The van der Waals surface area contributed by atoms with Gasteiger partial charge in [-0.15, -0.1) is 0 Å². The molecular formula is C27H27N5O3. The van der Waals surface area contributed by atoms with Crippen molar-refractivity contribution >= 4 is 40.0 Å². The molecule has 0 saturated carbocycles. The van der Waals surface area contributed by atoms with Crippen LogP contribution in [0.25, 0.3) is 10.9 Å². The van der Waals surface area contributed by atoms with E-state index in [4.69, 9.17) is 5.11 Å². The first kappa shape index (κ1) is 22.5. The number of aromatic carboxylic acids is 1. The smallest absolute Gasteiger partial charge is 0.335 e. The Morgan fingerprint density at radius 3 is 2.29 bits per heavy atom. The minimum atomic E-state index is -0.919. The maximum absolute atomic E-state index is 12.8. The number of nitrogens with zero attached hydrogens (tertiary/aromatic N) is 4. The Hall–Kier alpha value is -4.33. The summed E-state index contributed by atoms with van der Waals surface area (Å²) in [5, 5.41) is 13.2. The fraction of sp³-hybridized carbons (Fsp3) is 0.222. The van der Waals surface area contributed by atoms with Crippen molar-refractivity contribution in [3.05, 3.63) is 84.2 Å². The number of fused-ring (bicyclic) bond motifs is 1. The van der Waals surface area contributed by atoms with E-state index >= 15 is 0 Å². The first-order valence-corrected chi connectivity index (χ1v) is 11.7. The zero-order chi connectivity index (χ0) is 24.4. The van der Waals surface area contributed by atoms with Gasteiger partial charge in [-0.3, -0.25) is 4.79 Å². The van der Waals surface area contributed by atoms with Crippen LogP contribution in [0, 0.1) is 0 Å². The lowest BCUT2D eigenvalue weighted by molar-refractivity contribution is 0.0696. The molecule has 0 bridgehead atoms. The number of aromatic nitrogens is 2. The van der Waals surface area contributed by atoms with Crippen molar-refractivity contribution in [1.82, 2.24) is 9.55 Å². The summed E-state index contributed by atoms with van der Waals surface area (Å²) in [6.07, 6.45) is 3.67. The maximum atomic E-state index is 12.8. The Bertz CT molecular complexity index is 1350. The predicted molar refractivity (Wildman–Crippen MR) is 138 cm³/mol. The van der Waals surface area contributed by atoms with Gasteiger partial charge in [0.1, 0.15) is 5.82 Å². The van der Waals surface area contributed by atoms with Crippen LogP contribution in [0.5, 0.6) is 0 Å². The van der Waals surface area contributed by atoms with Crippen molar-refractivity contribution in [1.29, 1.82) is 0 Å². The summed E-state index contributed by atoms with van der Waals surface area (Å²) in [4.78, 5) is 32.8. The van der Waals surface area contributed by atoms with Gasteiger partial charge in [0, 0.05) is 56.5 Å². The third-order valence-corrected chi connectivity index (χ3v) is 6.47. The lowest BCUT2D eigenvalue weighted by atomic mass is 10.2. The van der Waals surface area contributed by atoms with Crippen molar-refractivity contribution in [3.8, 4) is 0 Å². The molecule has 1 fully saturated rings. The minimum Gasteiger partial charge on any atom is -0.478 e. The van der Waals surface area contributed by atoms with Crippen LogP contribution >= 0.6 is 0 Å². The van der Waals surface area contributed by atoms with E-state index in [1.54, 1.807) is 18.3 Å². The molecule has 1 saturated heterocycles. The molecule has 35 heavy (non-hydrogen) atoms. The van der Waals surface area contributed by atoms with Gasteiger partial charge in [-0.05, 0) is 66.9 Å². The molecule has 8 heteroatoms. The van der Waals surface area contributed by atoms with Gasteiger partial charge in [0.15, 0.2) is 0 Å². The van der Waals surface area contributed by atoms with E-state index < -0.39 is 5.97 Å². The molecule has 0 aliphatic carbocycles. The summed E-state index contributed by atoms with van der Waals surface area (Å²) in [5.74, 6) is -0.269. The zero-order valence-electron chi connectivity index (χ0n) is 19.5. The normalized spacial score (nSPS) is 13.7. The molecule has 2 aromatic carbocycles. The highest BCUT2D eigenvalue weighted by atomic mass is 16.4. The molecular weight excluding hydrogens is 442 g/mol. The number of carbonyl (C=O) groups excluding carboxylic acids is 1. The standard InChI is InChI=1S/C27H27N5O3/c1-2-30-12-11-19-3-7-22(17-24(19)30)29-26(33)21-6-10-25(28-18-21)32-15-13-31(14-16-32)23-8-4-20(5-9-23)27(34)35/h3-12,17-18H,2,13-16H2,1H3,(H,29,33)(H,34,35). The lowest BCUT2D eigenvalue weighted by Gasteiger charge is -2.36. The van der Waals surface area contributed by atoms with Crippen LogP contribution in [-0.4, -0.2) is 52.7 Å². The van der Waals surface area contributed by atoms with E-state index in [2.05, 4.69) is 37.7 Å². The number of anilines is 3. The molecule has 1 aliphatic heterocycles. The Kier molecular flexibility index (Phi) is 6.10. The van der Waals surface area contributed by atoms with Gasteiger partial charge < -0.3 is 24.8 Å². The van der Waals surface area contributed by atoms with Gasteiger partial charge >= 0.3 is 5.97 Å². The van der Waals surface area contributed by atoms with Gasteiger partial charge in [-0.2, -0.15) is 0 Å². The van der Waals surface area contributed by atoms with Crippen molar-refractivity contribution in [2.24, 2.45) is 0 Å². The number of pyridine rings is 1. The number of nitrogens with one attached hydrogen (secondary N) is 1. The van der Waals surface area contributed by atoms with Crippen LogP contribution in [0.2, 0.25) is 0 Å². The monoisotopic (exact) mass is 469 g/mol. The first-order chi connectivity index (χ1) is 17.0. The molecule has 3 heterocycles. The summed E-state index contributed by atoms with van der Waals surface area (Å²) in [6.45, 7) is 6.15. The summed E-state index contributed by atoms with van der Waals surface area (Å²) in [7, 11) is 0. The van der Waals surface area contributed by atoms with Crippen LogP contribution in [0.4, 0.5) is 17.2 Å². The maximum Gasteiger partial charge on any atom is 0.335 e. The average Bonchev–Trinajstić information content (AvgIpc) is 3.31. The second kappa shape index (κ2) is 9.50. The molecule has 0 spiro atoms. The third kappa shape index (κ3) is 4.68. The second-order valence-corrected chi connectivity index (χ2v) is 8.56. The largest absolute Gasteiger partial charge is 0.478 e. The molecule has 2 N–H and O–H groups in total. The van der Waals surface area contributed by atoms with Crippen molar-refractivity contribution in [3.63, 3.8) is 0 Å². The van der Waals surface area contributed by atoms with Crippen molar-refractivity contribution in [2.75, 3.05) is 41.3 Å². The second-order valence-electron chi connectivity index (χ2n) is 8.56. The highest BCUT2D eigenvalue weighted by Crippen LogP contribution is 2.22. The number of carbonyl (C=O) groups is 2. The van der Waals surface area contributed by atoms with E-state index in [0.29, 0.717) is 5.56 Å². The fourth-order valence-corrected chi connectivity index (χ4v) is 4.46. The molecule has 0 radical (unpaired) electrons. The van der Waals surface area contributed by atoms with E-state index in [1.807, 2.05) is 48.7 Å². The van der Waals surface area contributed by atoms with E-state index in [1.165, 1.54) is 0 Å². The topological polar surface area (TPSA) is 90.7 Å². The highest BCUT2D eigenvalue weighted by Gasteiger charge is 2.19. The summed E-state index contributed by atoms with van der Waals surface area (Å²) in [5.41, 5.74) is 3.66. The fourth-order valence-electron chi connectivity index (χ4n) is 4.46. The van der Waals surface area contributed by atoms with E-state index in [0.717, 1.165) is 60.8 Å². The van der Waals surface area contributed by atoms with Crippen LogP contribution in [0.3, 0.4) is 0 Å². The highest BCUT2D eigenvalue weighted by molar-refractivity contribution is 6.05. The summed E-state index contributed by atoms with van der Waals surface area (Å²) in [6, 6.07) is 18.7. The molecule has 1 aliphatic rings. The van der Waals surface area contributed by atoms with Crippen LogP contribution < -0.4 is 15.1 Å². The van der Waals surface area contributed by atoms with Crippen molar-refractivity contribution in [2.45, 2.75) is 13.5 Å². The number of aryl methyl sites for hydroxylation is 1. The molecule has 0 unspecified atom stereocenters.